The van der Waals surface area contributed by atoms with Crippen LogP contribution in [0.1, 0.15) is 5.56 Å². The van der Waals surface area contributed by atoms with E-state index in [1.165, 1.54) is 12.3 Å². The van der Waals surface area contributed by atoms with Crippen LogP contribution in [0.2, 0.25) is 0 Å². The minimum absolute atomic E-state index is 0.0976. The van der Waals surface area contributed by atoms with Crippen molar-refractivity contribution < 1.29 is 8.78 Å². The lowest BCUT2D eigenvalue weighted by Crippen LogP contribution is -2.30. The molecule has 0 radical (unpaired) electrons. The first-order chi connectivity index (χ1) is 8.90. The number of hydrogen-bond donors (Lipinski definition) is 1. The van der Waals surface area contributed by atoms with Crippen molar-refractivity contribution in [3.05, 3.63) is 65.3 Å². The van der Waals surface area contributed by atoms with E-state index in [2.05, 4.69) is 31.9 Å². The summed E-state index contributed by atoms with van der Waals surface area (Å²) < 4.78 is 28.5. The SMILES string of the molecule is O=c1[nH]c(=O)n(Cc2c(F)ccc(Br)c2F)cc1Br. The van der Waals surface area contributed by atoms with E-state index in [0.717, 1.165) is 10.6 Å². The fourth-order valence-corrected chi connectivity index (χ4v) is 2.20. The summed E-state index contributed by atoms with van der Waals surface area (Å²) in [6, 6.07) is 2.33. The monoisotopic (exact) mass is 394 g/mol. The van der Waals surface area contributed by atoms with Gasteiger partial charge < -0.3 is 0 Å². The van der Waals surface area contributed by atoms with Crippen LogP contribution >= 0.6 is 31.9 Å². The summed E-state index contributed by atoms with van der Waals surface area (Å²) in [5.41, 5.74) is -1.61. The first-order valence-corrected chi connectivity index (χ1v) is 6.60. The lowest BCUT2D eigenvalue weighted by molar-refractivity contribution is 0.535. The molecule has 0 saturated carbocycles. The number of rotatable bonds is 2. The number of benzene rings is 1. The topological polar surface area (TPSA) is 54.9 Å². The Labute approximate surface area is 122 Å². The molecule has 0 spiro atoms. The molecule has 8 heteroatoms. The zero-order valence-electron chi connectivity index (χ0n) is 9.21. The maximum absolute atomic E-state index is 13.8. The predicted molar refractivity (Wildman–Crippen MR) is 72.2 cm³/mol. The second kappa shape index (κ2) is 5.38. The number of nitrogens with one attached hydrogen (secondary N) is 1. The number of nitrogens with zero attached hydrogens (tertiary/aromatic N) is 1. The highest BCUT2D eigenvalue weighted by Gasteiger charge is 2.14. The van der Waals surface area contributed by atoms with E-state index in [4.69, 9.17) is 0 Å². The molecule has 4 nitrogen and oxygen atoms in total. The van der Waals surface area contributed by atoms with Gasteiger partial charge in [0.25, 0.3) is 5.56 Å². The Kier molecular flexibility index (Phi) is 4.00. The highest BCUT2D eigenvalue weighted by Crippen LogP contribution is 2.22. The van der Waals surface area contributed by atoms with Crippen LogP contribution in [0.3, 0.4) is 0 Å². The molecule has 100 valence electrons. The van der Waals surface area contributed by atoms with Crippen LogP contribution in [-0.4, -0.2) is 9.55 Å². The Morgan fingerprint density at radius 1 is 1.16 bits per heavy atom. The van der Waals surface area contributed by atoms with Gasteiger partial charge in [-0.25, -0.2) is 13.6 Å². The van der Waals surface area contributed by atoms with Crippen molar-refractivity contribution in [3.63, 3.8) is 0 Å². The third kappa shape index (κ3) is 2.84. The second-order valence-corrected chi connectivity index (χ2v) is 5.39. The summed E-state index contributed by atoms with van der Waals surface area (Å²) in [6.45, 7) is -0.328. The highest BCUT2D eigenvalue weighted by atomic mass is 79.9. The van der Waals surface area contributed by atoms with Crippen LogP contribution in [-0.2, 0) is 6.54 Å². The molecule has 0 aliphatic carbocycles. The molecule has 0 amide bonds. The third-order valence-corrected chi connectivity index (χ3v) is 3.61. The Morgan fingerprint density at radius 2 is 1.84 bits per heavy atom. The van der Waals surface area contributed by atoms with Crippen molar-refractivity contribution in [1.29, 1.82) is 0 Å². The molecule has 0 aliphatic heterocycles. The molecular weight excluding hydrogens is 390 g/mol. The molecule has 1 aromatic carbocycles. The van der Waals surface area contributed by atoms with Gasteiger partial charge in [0, 0.05) is 11.8 Å². The molecule has 2 rings (SSSR count). The van der Waals surface area contributed by atoms with Crippen LogP contribution in [0.15, 0.2) is 36.9 Å². The predicted octanol–water partition coefficient (Wildman–Crippen LogP) is 2.39. The van der Waals surface area contributed by atoms with Gasteiger partial charge in [-0.15, -0.1) is 0 Å². The Bertz CT molecular complexity index is 755. The lowest BCUT2D eigenvalue weighted by Gasteiger charge is -2.09. The largest absolute Gasteiger partial charge is 0.328 e. The van der Waals surface area contributed by atoms with Crippen molar-refractivity contribution in [2.24, 2.45) is 0 Å². The van der Waals surface area contributed by atoms with Crippen molar-refractivity contribution in [3.8, 4) is 0 Å². The van der Waals surface area contributed by atoms with E-state index < -0.39 is 22.9 Å². The van der Waals surface area contributed by atoms with Gasteiger partial charge >= 0.3 is 5.69 Å². The quantitative estimate of drug-likeness (QED) is 0.794. The number of H-pyrrole nitrogens is 1. The van der Waals surface area contributed by atoms with Gasteiger partial charge in [0.15, 0.2) is 0 Å². The summed E-state index contributed by atoms with van der Waals surface area (Å²) >= 11 is 5.89. The standard InChI is InChI=1S/C11H6Br2F2N2O2/c12-6-1-2-8(14)5(9(6)15)3-17-4-7(13)10(18)16-11(17)19/h1-2,4H,3H2,(H,16,18,19). The lowest BCUT2D eigenvalue weighted by atomic mass is 10.2. The van der Waals surface area contributed by atoms with E-state index in [-0.39, 0.29) is 21.1 Å². The average Bonchev–Trinajstić information content (AvgIpc) is 2.36. The maximum atomic E-state index is 13.8. The van der Waals surface area contributed by atoms with E-state index in [0.29, 0.717) is 0 Å². The molecule has 0 aliphatic rings. The van der Waals surface area contributed by atoms with E-state index >= 15 is 0 Å². The molecule has 0 atom stereocenters. The minimum atomic E-state index is -0.783. The molecule has 1 heterocycles. The first kappa shape index (κ1) is 14.1. The molecule has 19 heavy (non-hydrogen) atoms. The number of aromatic nitrogens is 2. The van der Waals surface area contributed by atoms with Crippen LogP contribution in [0.5, 0.6) is 0 Å². The van der Waals surface area contributed by atoms with Gasteiger partial charge in [-0.05, 0) is 44.0 Å². The van der Waals surface area contributed by atoms with Gasteiger partial charge in [0.2, 0.25) is 0 Å². The summed E-state index contributed by atoms with van der Waals surface area (Å²) in [5, 5.41) is 0. The Balaban J connectivity index is 2.54. The number of aromatic amines is 1. The molecule has 0 saturated heterocycles. The van der Waals surface area contributed by atoms with Gasteiger partial charge in [0.05, 0.1) is 15.5 Å². The van der Waals surface area contributed by atoms with Crippen molar-refractivity contribution in [2.75, 3.05) is 0 Å². The molecule has 0 fully saturated rings. The number of hydrogen-bond acceptors (Lipinski definition) is 2. The van der Waals surface area contributed by atoms with Crippen molar-refractivity contribution in [2.45, 2.75) is 6.54 Å². The Morgan fingerprint density at radius 3 is 2.53 bits per heavy atom. The zero-order chi connectivity index (χ0) is 14.2. The average molecular weight is 396 g/mol. The first-order valence-electron chi connectivity index (χ1n) is 5.02. The van der Waals surface area contributed by atoms with Crippen molar-refractivity contribution >= 4 is 31.9 Å². The molecule has 0 unspecified atom stereocenters. The molecule has 0 bridgehead atoms. The molecule has 1 N–H and O–H groups in total. The summed E-state index contributed by atoms with van der Waals surface area (Å²) in [7, 11) is 0. The van der Waals surface area contributed by atoms with Gasteiger partial charge in [0.1, 0.15) is 11.6 Å². The molecular formula is C11H6Br2F2N2O2. The Hall–Kier alpha value is -1.28. The van der Waals surface area contributed by atoms with Gasteiger partial charge in [-0.1, -0.05) is 0 Å². The summed E-state index contributed by atoms with van der Waals surface area (Å²) in [4.78, 5) is 24.7. The van der Waals surface area contributed by atoms with Crippen LogP contribution < -0.4 is 11.2 Å². The van der Waals surface area contributed by atoms with Crippen LogP contribution in [0.25, 0.3) is 0 Å². The van der Waals surface area contributed by atoms with E-state index in [9.17, 15) is 18.4 Å². The summed E-state index contributed by atoms with van der Waals surface area (Å²) in [6.07, 6.45) is 1.18. The highest BCUT2D eigenvalue weighted by molar-refractivity contribution is 9.10. The minimum Gasteiger partial charge on any atom is -0.295 e. The van der Waals surface area contributed by atoms with Gasteiger partial charge in [-0.2, -0.15) is 0 Å². The van der Waals surface area contributed by atoms with E-state index in [1.807, 2.05) is 4.98 Å². The van der Waals surface area contributed by atoms with E-state index in [1.54, 1.807) is 0 Å². The zero-order valence-corrected chi connectivity index (χ0v) is 12.4. The fourth-order valence-electron chi connectivity index (χ4n) is 1.48. The summed E-state index contributed by atoms with van der Waals surface area (Å²) in [5.74, 6) is -1.55. The molecule has 1 aromatic heterocycles. The third-order valence-electron chi connectivity index (χ3n) is 2.43. The fraction of sp³-hybridized carbons (Fsp3) is 0.0909. The number of halogens is 4. The van der Waals surface area contributed by atoms with Crippen LogP contribution in [0.4, 0.5) is 8.78 Å². The molecule has 2 aromatic rings. The second-order valence-electron chi connectivity index (χ2n) is 3.69. The van der Waals surface area contributed by atoms with Crippen molar-refractivity contribution in [1.82, 2.24) is 9.55 Å². The smallest absolute Gasteiger partial charge is 0.295 e. The normalized spacial score (nSPS) is 10.7. The van der Waals surface area contributed by atoms with Gasteiger partial charge in [-0.3, -0.25) is 14.3 Å². The maximum Gasteiger partial charge on any atom is 0.328 e. The van der Waals surface area contributed by atoms with Crippen LogP contribution in [0, 0.1) is 11.6 Å².